The van der Waals surface area contributed by atoms with Crippen molar-refractivity contribution in [1.29, 1.82) is 0 Å². The van der Waals surface area contributed by atoms with Gasteiger partial charge in [-0.15, -0.1) is 0 Å². The Kier molecular flexibility index (Phi) is 6.50. The summed E-state index contributed by atoms with van der Waals surface area (Å²) in [6, 6.07) is 15.9. The number of rotatable bonds is 6. The highest BCUT2D eigenvalue weighted by Gasteiger charge is 2.35. The highest BCUT2D eigenvalue weighted by molar-refractivity contribution is 5.72. The van der Waals surface area contributed by atoms with Crippen molar-refractivity contribution in [2.75, 3.05) is 0 Å². The third-order valence-electron chi connectivity index (χ3n) is 5.56. The van der Waals surface area contributed by atoms with Crippen molar-refractivity contribution >= 4 is 11.9 Å². The molecule has 1 saturated carbocycles. The largest absolute Gasteiger partial charge is 0.427 e. The molecule has 0 aromatic heterocycles. The molecule has 28 heavy (non-hydrogen) atoms. The first-order valence-electron chi connectivity index (χ1n) is 10.2. The van der Waals surface area contributed by atoms with Gasteiger partial charge in [0.05, 0.1) is 0 Å². The first kappa shape index (κ1) is 20.1. The second-order valence-corrected chi connectivity index (χ2v) is 7.35. The lowest BCUT2D eigenvalue weighted by molar-refractivity contribution is -0.134. The highest BCUT2D eigenvalue weighted by atomic mass is 16.5. The van der Waals surface area contributed by atoms with Crippen molar-refractivity contribution in [3.63, 3.8) is 0 Å². The lowest BCUT2D eigenvalue weighted by Gasteiger charge is -2.38. The zero-order chi connectivity index (χ0) is 20.0. The van der Waals surface area contributed by atoms with Gasteiger partial charge in [-0.3, -0.25) is 9.59 Å². The minimum atomic E-state index is -0.225. The fraction of sp³-hybridized carbons (Fsp3) is 0.417. The van der Waals surface area contributed by atoms with Gasteiger partial charge in [-0.05, 0) is 48.2 Å². The summed E-state index contributed by atoms with van der Waals surface area (Å²) in [6.07, 6.45) is 6.49. The van der Waals surface area contributed by atoms with Gasteiger partial charge in [0.1, 0.15) is 11.5 Å². The summed E-state index contributed by atoms with van der Waals surface area (Å²) in [6.45, 7) is 3.57. The molecule has 0 atom stereocenters. The number of carbonyl (C=O) groups is 2. The Bertz CT molecular complexity index is 736. The van der Waals surface area contributed by atoms with Crippen molar-refractivity contribution < 1.29 is 19.1 Å². The van der Waals surface area contributed by atoms with E-state index in [0.29, 0.717) is 24.3 Å². The molecule has 0 spiro atoms. The Morgan fingerprint density at radius 3 is 1.46 bits per heavy atom. The van der Waals surface area contributed by atoms with E-state index in [4.69, 9.17) is 9.47 Å². The molecule has 148 valence electrons. The van der Waals surface area contributed by atoms with E-state index in [0.717, 1.165) is 12.8 Å². The maximum atomic E-state index is 11.5. The number of benzene rings is 2. The average molecular weight is 380 g/mol. The summed E-state index contributed by atoms with van der Waals surface area (Å²) in [5, 5.41) is 0. The maximum absolute atomic E-state index is 11.5. The second kappa shape index (κ2) is 9.05. The quantitative estimate of drug-likeness (QED) is 0.486. The van der Waals surface area contributed by atoms with Crippen LogP contribution in [-0.4, -0.2) is 11.9 Å². The summed E-state index contributed by atoms with van der Waals surface area (Å²) in [7, 11) is 0. The van der Waals surface area contributed by atoms with Gasteiger partial charge < -0.3 is 9.47 Å². The molecule has 0 aliphatic heterocycles. The molecule has 0 saturated heterocycles. The maximum Gasteiger partial charge on any atom is 0.310 e. The summed E-state index contributed by atoms with van der Waals surface area (Å²) < 4.78 is 10.6. The van der Waals surface area contributed by atoms with Crippen LogP contribution in [0.2, 0.25) is 0 Å². The van der Waals surface area contributed by atoms with Crippen LogP contribution >= 0.6 is 0 Å². The van der Waals surface area contributed by atoms with Gasteiger partial charge in [0, 0.05) is 18.3 Å². The molecule has 0 N–H and O–H groups in total. The van der Waals surface area contributed by atoms with Crippen LogP contribution in [0.15, 0.2) is 48.5 Å². The first-order chi connectivity index (χ1) is 13.6. The normalized spacial score (nSPS) is 15.6. The van der Waals surface area contributed by atoms with E-state index in [1.165, 1.54) is 30.4 Å². The smallest absolute Gasteiger partial charge is 0.310 e. The summed E-state index contributed by atoms with van der Waals surface area (Å²) in [5.74, 6) is 0.724. The molecule has 1 aliphatic rings. The van der Waals surface area contributed by atoms with Crippen molar-refractivity contribution in [2.24, 2.45) is 0 Å². The molecule has 0 bridgehead atoms. The molecule has 2 aromatic rings. The van der Waals surface area contributed by atoms with E-state index < -0.39 is 0 Å². The van der Waals surface area contributed by atoms with E-state index in [2.05, 4.69) is 24.3 Å². The van der Waals surface area contributed by atoms with Crippen LogP contribution in [0.4, 0.5) is 0 Å². The Balaban J connectivity index is 1.88. The monoisotopic (exact) mass is 380 g/mol. The first-order valence-corrected chi connectivity index (χ1v) is 10.2. The van der Waals surface area contributed by atoms with Gasteiger partial charge in [-0.1, -0.05) is 57.4 Å². The molecular weight excluding hydrogens is 352 g/mol. The van der Waals surface area contributed by atoms with E-state index in [1.54, 1.807) is 13.8 Å². The van der Waals surface area contributed by atoms with E-state index in [1.807, 2.05) is 24.3 Å². The summed E-state index contributed by atoms with van der Waals surface area (Å²) >= 11 is 0. The second-order valence-electron chi connectivity index (χ2n) is 7.35. The third-order valence-corrected chi connectivity index (χ3v) is 5.56. The Morgan fingerprint density at radius 1 is 0.714 bits per heavy atom. The van der Waals surface area contributed by atoms with Crippen LogP contribution in [0, 0.1) is 0 Å². The molecular formula is C24H28O4. The number of hydrogen-bond acceptors (Lipinski definition) is 4. The molecule has 0 heterocycles. The fourth-order valence-corrected chi connectivity index (χ4v) is 3.99. The van der Waals surface area contributed by atoms with Crippen molar-refractivity contribution in [1.82, 2.24) is 0 Å². The van der Waals surface area contributed by atoms with Crippen LogP contribution in [0.5, 0.6) is 11.5 Å². The molecule has 0 radical (unpaired) electrons. The number of esters is 2. The summed E-state index contributed by atoms with van der Waals surface area (Å²) in [5.41, 5.74) is 2.42. The van der Waals surface area contributed by atoms with Gasteiger partial charge in [-0.2, -0.15) is 0 Å². The lowest BCUT2D eigenvalue weighted by atomic mass is 9.65. The predicted octanol–water partition coefficient (Wildman–Crippen LogP) is 5.57. The van der Waals surface area contributed by atoms with E-state index >= 15 is 0 Å². The predicted molar refractivity (Wildman–Crippen MR) is 109 cm³/mol. The zero-order valence-electron chi connectivity index (χ0n) is 16.7. The standard InChI is InChI=1S/C24H28O4/c1-3-22(25)27-20-12-8-18(9-13-20)24(16-6-5-7-17-24)19-10-14-21(15-11-19)28-23(26)4-2/h8-15H,3-7,16-17H2,1-2H3. The topological polar surface area (TPSA) is 52.6 Å². The number of carbonyl (C=O) groups excluding carboxylic acids is 2. The van der Waals surface area contributed by atoms with Crippen LogP contribution in [-0.2, 0) is 15.0 Å². The minimum absolute atomic E-state index is 0.0567. The van der Waals surface area contributed by atoms with Crippen molar-refractivity contribution in [2.45, 2.75) is 64.2 Å². The van der Waals surface area contributed by atoms with E-state index in [-0.39, 0.29) is 17.4 Å². The molecule has 0 unspecified atom stereocenters. The number of hydrogen-bond donors (Lipinski definition) is 0. The van der Waals surface area contributed by atoms with E-state index in [9.17, 15) is 9.59 Å². The van der Waals surface area contributed by atoms with Crippen LogP contribution < -0.4 is 9.47 Å². The van der Waals surface area contributed by atoms with Crippen molar-refractivity contribution in [3.8, 4) is 11.5 Å². The molecule has 2 aromatic carbocycles. The Hall–Kier alpha value is -2.62. The SMILES string of the molecule is CCC(=O)Oc1ccc(C2(c3ccc(OC(=O)CC)cc3)CCCCC2)cc1. The molecule has 3 rings (SSSR count). The van der Waals surface area contributed by atoms with Gasteiger partial charge in [-0.25, -0.2) is 0 Å². The molecule has 4 heteroatoms. The van der Waals surface area contributed by atoms with Gasteiger partial charge >= 0.3 is 11.9 Å². The molecule has 4 nitrogen and oxygen atoms in total. The Morgan fingerprint density at radius 2 is 1.11 bits per heavy atom. The van der Waals surface area contributed by atoms with Crippen LogP contribution in [0.25, 0.3) is 0 Å². The van der Waals surface area contributed by atoms with Crippen molar-refractivity contribution in [3.05, 3.63) is 59.7 Å². The third kappa shape index (κ3) is 4.44. The number of ether oxygens (including phenoxy) is 2. The highest BCUT2D eigenvalue weighted by Crippen LogP contribution is 2.45. The summed E-state index contributed by atoms with van der Waals surface area (Å²) in [4.78, 5) is 23.0. The zero-order valence-corrected chi connectivity index (χ0v) is 16.7. The van der Waals surface area contributed by atoms with Gasteiger partial charge in [0.15, 0.2) is 0 Å². The van der Waals surface area contributed by atoms with Gasteiger partial charge in [0.25, 0.3) is 0 Å². The average Bonchev–Trinajstić information content (AvgIpc) is 2.75. The lowest BCUT2D eigenvalue weighted by Crippen LogP contribution is -2.30. The fourth-order valence-electron chi connectivity index (χ4n) is 3.99. The molecule has 1 fully saturated rings. The van der Waals surface area contributed by atoms with Crippen LogP contribution in [0.1, 0.15) is 69.9 Å². The Labute approximate surface area is 166 Å². The minimum Gasteiger partial charge on any atom is -0.427 e. The van der Waals surface area contributed by atoms with Gasteiger partial charge in [0.2, 0.25) is 0 Å². The van der Waals surface area contributed by atoms with Crippen LogP contribution in [0.3, 0.4) is 0 Å². The molecule has 1 aliphatic carbocycles. The molecule has 0 amide bonds.